The summed E-state index contributed by atoms with van der Waals surface area (Å²) in [6.07, 6.45) is 2.16. The van der Waals surface area contributed by atoms with Gasteiger partial charge in [-0.15, -0.1) is 0 Å². The number of carbonyl (C=O) groups is 2. The first-order chi connectivity index (χ1) is 13.5. The molecule has 0 aliphatic carbocycles. The molecule has 0 unspecified atom stereocenters. The van der Waals surface area contributed by atoms with Crippen LogP contribution in [0.15, 0.2) is 48.5 Å². The Hall–Kier alpha value is -3.02. The first-order valence-electron chi connectivity index (χ1n) is 9.55. The Morgan fingerprint density at radius 1 is 0.929 bits per heavy atom. The van der Waals surface area contributed by atoms with Gasteiger partial charge in [0.1, 0.15) is 11.5 Å². The molecule has 0 saturated heterocycles. The van der Waals surface area contributed by atoms with Crippen molar-refractivity contribution in [2.75, 3.05) is 11.9 Å². The molecule has 2 rings (SSSR count). The van der Waals surface area contributed by atoms with E-state index >= 15 is 0 Å². The molecule has 6 heteroatoms. The average Bonchev–Trinajstić information content (AvgIpc) is 2.68. The lowest BCUT2D eigenvalue weighted by atomic mass is 10.2. The molecule has 0 heterocycles. The topological polar surface area (TPSA) is 76.7 Å². The zero-order valence-electron chi connectivity index (χ0n) is 16.7. The van der Waals surface area contributed by atoms with Crippen LogP contribution < -0.4 is 20.1 Å². The fraction of sp³-hybridized carbons (Fsp3) is 0.364. The van der Waals surface area contributed by atoms with E-state index in [0.717, 1.165) is 29.9 Å². The largest absolute Gasteiger partial charge is 0.494 e. The third-order valence-electron chi connectivity index (χ3n) is 3.83. The number of hydrogen-bond acceptors (Lipinski definition) is 4. The molecule has 0 aliphatic rings. The van der Waals surface area contributed by atoms with Crippen LogP contribution in [0.2, 0.25) is 0 Å². The molecule has 2 amide bonds. The van der Waals surface area contributed by atoms with E-state index in [4.69, 9.17) is 9.47 Å². The van der Waals surface area contributed by atoms with Crippen LogP contribution in [0.5, 0.6) is 11.5 Å². The maximum atomic E-state index is 12.0. The standard InChI is InChI=1S/C22H28N2O4/c1-4-5-14-27-19-12-8-18(9-13-19)24-22(26)21(25)23-15-17-6-10-20(11-7-17)28-16(2)3/h6-13,16H,4-5,14-15H2,1-3H3,(H,23,25)(H,24,26). The summed E-state index contributed by atoms with van der Waals surface area (Å²) >= 11 is 0. The van der Waals surface area contributed by atoms with Crippen molar-refractivity contribution in [1.82, 2.24) is 5.32 Å². The zero-order valence-corrected chi connectivity index (χ0v) is 16.7. The Balaban J connectivity index is 1.78. The van der Waals surface area contributed by atoms with Crippen LogP contribution >= 0.6 is 0 Å². The van der Waals surface area contributed by atoms with Crippen molar-refractivity contribution in [3.05, 3.63) is 54.1 Å². The van der Waals surface area contributed by atoms with Gasteiger partial charge >= 0.3 is 11.8 Å². The van der Waals surface area contributed by atoms with Gasteiger partial charge in [-0.1, -0.05) is 25.5 Å². The van der Waals surface area contributed by atoms with Crippen molar-refractivity contribution in [3.8, 4) is 11.5 Å². The maximum Gasteiger partial charge on any atom is 0.313 e. The Morgan fingerprint density at radius 3 is 2.18 bits per heavy atom. The molecule has 0 aromatic heterocycles. The molecule has 0 fully saturated rings. The predicted octanol–water partition coefficient (Wildman–Crippen LogP) is 3.91. The van der Waals surface area contributed by atoms with Crippen molar-refractivity contribution >= 4 is 17.5 Å². The molecule has 0 radical (unpaired) electrons. The number of nitrogens with one attached hydrogen (secondary N) is 2. The average molecular weight is 384 g/mol. The zero-order chi connectivity index (χ0) is 20.4. The quantitative estimate of drug-likeness (QED) is 0.508. The molecule has 0 aliphatic heterocycles. The van der Waals surface area contributed by atoms with Gasteiger partial charge in [0.15, 0.2) is 0 Å². The molecule has 28 heavy (non-hydrogen) atoms. The molecule has 2 aromatic carbocycles. The highest BCUT2D eigenvalue weighted by Gasteiger charge is 2.13. The molecule has 2 N–H and O–H groups in total. The number of ether oxygens (including phenoxy) is 2. The second-order valence-corrected chi connectivity index (χ2v) is 6.67. The summed E-state index contributed by atoms with van der Waals surface area (Å²) in [4.78, 5) is 24.0. The highest BCUT2D eigenvalue weighted by molar-refractivity contribution is 6.39. The smallest absolute Gasteiger partial charge is 0.313 e. The summed E-state index contributed by atoms with van der Waals surface area (Å²) in [5.41, 5.74) is 1.42. The summed E-state index contributed by atoms with van der Waals surface area (Å²) in [6, 6.07) is 14.3. The molecule has 0 bridgehead atoms. The fourth-order valence-corrected chi connectivity index (χ4v) is 2.38. The van der Waals surface area contributed by atoms with E-state index in [1.165, 1.54) is 0 Å². The Bertz CT molecular complexity index is 755. The van der Waals surface area contributed by atoms with Crippen LogP contribution in [0.3, 0.4) is 0 Å². The van der Waals surface area contributed by atoms with Gasteiger partial charge in [0, 0.05) is 12.2 Å². The van der Waals surface area contributed by atoms with Crippen molar-refractivity contribution in [1.29, 1.82) is 0 Å². The van der Waals surface area contributed by atoms with E-state index < -0.39 is 11.8 Å². The van der Waals surface area contributed by atoms with E-state index in [2.05, 4.69) is 17.6 Å². The minimum absolute atomic E-state index is 0.103. The Labute approximate surface area is 166 Å². The molecular formula is C22H28N2O4. The molecule has 6 nitrogen and oxygen atoms in total. The summed E-state index contributed by atoms with van der Waals surface area (Å²) in [7, 11) is 0. The van der Waals surface area contributed by atoms with Crippen LogP contribution in [-0.4, -0.2) is 24.5 Å². The monoisotopic (exact) mass is 384 g/mol. The van der Waals surface area contributed by atoms with Crippen LogP contribution in [0, 0.1) is 0 Å². The number of benzene rings is 2. The Morgan fingerprint density at radius 2 is 1.57 bits per heavy atom. The van der Waals surface area contributed by atoms with E-state index in [1.807, 2.05) is 38.1 Å². The fourth-order valence-electron chi connectivity index (χ4n) is 2.38. The van der Waals surface area contributed by atoms with Gasteiger partial charge in [0.2, 0.25) is 0 Å². The first-order valence-corrected chi connectivity index (χ1v) is 9.55. The molecular weight excluding hydrogens is 356 g/mol. The molecule has 0 saturated carbocycles. The van der Waals surface area contributed by atoms with E-state index in [0.29, 0.717) is 12.3 Å². The first kappa shape index (κ1) is 21.3. The van der Waals surface area contributed by atoms with Crippen LogP contribution in [0.4, 0.5) is 5.69 Å². The molecule has 0 spiro atoms. The summed E-state index contributed by atoms with van der Waals surface area (Å²) in [6.45, 7) is 6.94. The van der Waals surface area contributed by atoms with Crippen molar-refractivity contribution < 1.29 is 19.1 Å². The minimum Gasteiger partial charge on any atom is -0.494 e. The lowest BCUT2D eigenvalue weighted by Crippen LogP contribution is -2.34. The van der Waals surface area contributed by atoms with Gasteiger partial charge in [0.25, 0.3) is 0 Å². The van der Waals surface area contributed by atoms with Gasteiger partial charge in [0.05, 0.1) is 12.7 Å². The third kappa shape index (κ3) is 7.31. The van der Waals surface area contributed by atoms with Crippen LogP contribution in [0.1, 0.15) is 39.2 Å². The molecule has 0 atom stereocenters. The summed E-state index contributed by atoms with van der Waals surface area (Å²) < 4.78 is 11.1. The predicted molar refractivity (Wildman–Crippen MR) is 110 cm³/mol. The van der Waals surface area contributed by atoms with Gasteiger partial charge in [-0.25, -0.2) is 0 Å². The van der Waals surface area contributed by atoms with Gasteiger partial charge in [-0.3, -0.25) is 9.59 Å². The van der Waals surface area contributed by atoms with E-state index in [1.54, 1.807) is 24.3 Å². The number of carbonyl (C=O) groups excluding carboxylic acids is 2. The van der Waals surface area contributed by atoms with Crippen molar-refractivity contribution in [2.24, 2.45) is 0 Å². The van der Waals surface area contributed by atoms with Crippen LogP contribution in [-0.2, 0) is 16.1 Å². The third-order valence-corrected chi connectivity index (χ3v) is 3.83. The minimum atomic E-state index is -0.709. The van der Waals surface area contributed by atoms with Gasteiger partial charge in [-0.2, -0.15) is 0 Å². The summed E-state index contributed by atoms with van der Waals surface area (Å²) in [5, 5.41) is 5.19. The lowest BCUT2D eigenvalue weighted by molar-refractivity contribution is -0.136. The van der Waals surface area contributed by atoms with Crippen LogP contribution in [0.25, 0.3) is 0 Å². The maximum absolute atomic E-state index is 12.0. The SMILES string of the molecule is CCCCOc1ccc(NC(=O)C(=O)NCc2ccc(OC(C)C)cc2)cc1. The number of hydrogen-bond donors (Lipinski definition) is 2. The molecule has 150 valence electrons. The van der Waals surface area contributed by atoms with Crippen molar-refractivity contribution in [2.45, 2.75) is 46.3 Å². The highest BCUT2D eigenvalue weighted by Crippen LogP contribution is 2.16. The van der Waals surface area contributed by atoms with Gasteiger partial charge in [-0.05, 0) is 62.2 Å². The van der Waals surface area contributed by atoms with Crippen molar-refractivity contribution in [3.63, 3.8) is 0 Å². The number of rotatable bonds is 9. The van der Waals surface area contributed by atoms with Gasteiger partial charge < -0.3 is 20.1 Å². The normalized spacial score (nSPS) is 10.4. The Kier molecular flexibility index (Phi) is 8.34. The van der Waals surface area contributed by atoms with E-state index in [9.17, 15) is 9.59 Å². The summed E-state index contributed by atoms with van der Waals surface area (Å²) in [5.74, 6) is 0.107. The highest BCUT2D eigenvalue weighted by atomic mass is 16.5. The van der Waals surface area contributed by atoms with E-state index in [-0.39, 0.29) is 12.6 Å². The molecule has 2 aromatic rings. The lowest BCUT2D eigenvalue weighted by Gasteiger charge is -2.11. The number of anilines is 1. The number of unbranched alkanes of at least 4 members (excludes halogenated alkanes) is 1. The number of amides is 2. The second kappa shape index (κ2) is 11.0. The second-order valence-electron chi connectivity index (χ2n) is 6.67.